The number of hydrogen-bond acceptors (Lipinski definition) is 2. The van der Waals surface area contributed by atoms with Crippen LogP contribution < -0.4 is 5.32 Å². The van der Waals surface area contributed by atoms with Crippen LogP contribution in [-0.4, -0.2) is 37.0 Å². The van der Waals surface area contributed by atoms with Gasteiger partial charge in [-0.25, -0.2) is 0 Å². The molecule has 1 heterocycles. The fourth-order valence-electron chi connectivity index (χ4n) is 2.38. The van der Waals surface area contributed by atoms with Gasteiger partial charge in [-0.15, -0.1) is 0 Å². The van der Waals surface area contributed by atoms with Crippen molar-refractivity contribution in [1.82, 2.24) is 10.2 Å². The van der Waals surface area contributed by atoms with Crippen LogP contribution in [0.4, 0.5) is 0 Å². The Labute approximate surface area is 126 Å². The minimum Gasteiger partial charge on any atom is -0.352 e. The van der Waals surface area contributed by atoms with Gasteiger partial charge in [-0.1, -0.05) is 18.0 Å². The molecule has 0 bridgehead atoms. The zero-order valence-corrected chi connectivity index (χ0v) is 12.5. The number of benzene rings is 1. The van der Waals surface area contributed by atoms with E-state index in [4.69, 9.17) is 11.6 Å². The van der Waals surface area contributed by atoms with E-state index in [0.29, 0.717) is 10.6 Å². The normalized spacial score (nSPS) is 15.4. The molecule has 1 aromatic carbocycles. The Morgan fingerprint density at radius 1 is 1.20 bits per heavy atom. The molecule has 0 saturated carbocycles. The Hall–Kier alpha value is -1.06. The average molecular weight is 294 g/mol. The molecule has 1 aliphatic rings. The van der Waals surface area contributed by atoms with Gasteiger partial charge in [0.15, 0.2) is 0 Å². The third-order valence-corrected chi connectivity index (χ3v) is 3.83. The maximum Gasteiger partial charge on any atom is 0.251 e. The molecule has 1 amide bonds. The molecule has 1 aromatic rings. The highest BCUT2D eigenvalue weighted by molar-refractivity contribution is 6.30. The summed E-state index contributed by atoms with van der Waals surface area (Å²) in [5, 5.41) is 3.60. The number of rotatable bonds is 7. The number of hydrogen-bond donors (Lipinski definition) is 1. The molecule has 0 atom stereocenters. The fourth-order valence-corrected chi connectivity index (χ4v) is 2.51. The zero-order valence-electron chi connectivity index (χ0n) is 11.8. The van der Waals surface area contributed by atoms with Crippen molar-refractivity contribution in [3.05, 3.63) is 41.3 Å². The summed E-state index contributed by atoms with van der Waals surface area (Å²) < 4.78 is 0. The number of carbonyl (C=O) groups excluding carboxylic acids is 1. The maximum absolute atomic E-state index is 11.8. The van der Waals surface area contributed by atoms with Crippen LogP contribution in [0, 0.1) is 6.42 Å². The first kappa shape index (κ1) is 15.3. The first-order chi connectivity index (χ1) is 9.75. The molecule has 4 heteroatoms. The van der Waals surface area contributed by atoms with Crippen molar-refractivity contribution < 1.29 is 4.79 Å². The molecule has 3 nitrogen and oxygen atoms in total. The second kappa shape index (κ2) is 8.28. The van der Waals surface area contributed by atoms with E-state index in [1.165, 1.54) is 25.9 Å². The number of nitrogens with zero attached hydrogens (tertiary/aromatic N) is 1. The number of halogens is 1. The van der Waals surface area contributed by atoms with E-state index < -0.39 is 0 Å². The number of carbonyl (C=O) groups is 1. The molecule has 20 heavy (non-hydrogen) atoms. The molecule has 1 aliphatic heterocycles. The lowest BCUT2D eigenvalue weighted by molar-refractivity contribution is 0.0953. The van der Waals surface area contributed by atoms with Gasteiger partial charge in [-0.05, 0) is 63.0 Å². The highest BCUT2D eigenvalue weighted by Gasteiger charge is 2.10. The molecule has 1 N–H and O–H groups in total. The maximum atomic E-state index is 11.8. The Balaban J connectivity index is 1.54. The minimum absolute atomic E-state index is 0.0178. The van der Waals surface area contributed by atoms with Crippen LogP contribution in [0.2, 0.25) is 5.02 Å². The first-order valence-electron chi connectivity index (χ1n) is 7.33. The van der Waals surface area contributed by atoms with Crippen LogP contribution in [0.25, 0.3) is 0 Å². The van der Waals surface area contributed by atoms with E-state index in [1.807, 2.05) is 0 Å². The van der Waals surface area contributed by atoms with Gasteiger partial charge in [-0.3, -0.25) is 4.79 Å². The second-order valence-electron chi connectivity index (χ2n) is 5.20. The van der Waals surface area contributed by atoms with Crippen molar-refractivity contribution in [3.8, 4) is 0 Å². The third kappa shape index (κ3) is 5.14. The average Bonchev–Trinajstić information content (AvgIpc) is 2.96. The molecule has 0 aromatic heterocycles. The second-order valence-corrected chi connectivity index (χ2v) is 5.64. The monoisotopic (exact) mass is 293 g/mol. The Morgan fingerprint density at radius 2 is 2.00 bits per heavy atom. The van der Waals surface area contributed by atoms with E-state index in [2.05, 4.69) is 16.6 Å². The Kier molecular flexibility index (Phi) is 6.34. The number of nitrogens with one attached hydrogen (secondary N) is 1. The first-order valence-corrected chi connectivity index (χ1v) is 7.71. The predicted molar refractivity (Wildman–Crippen MR) is 83.0 cm³/mol. The van der Waals surface area contributed by atoms with Crippen molar-refractivity contribution in [2.45, 2.75) is 25.7 Å². The van der Waals surface area contributed by atoms with E-state index in [9.17, 15) is 4.79 Å². The van der Waals surface area contributed by atoms with E-state index in [-0.39, 0.29) is 5.91 Å². The zero-order chi connectivity index (χ0) is 14.2. The largest absolute Gasteiger partial charge is 0.352 e. The van der Waals surface area contributed by atoms with Crippen molar-refractivity contribution in [2.24, 2.45) is 0 Å². The summed E-state index contributed by atoms with van der Waals surface area (Å²) in [5.41, 5.74) is 0.669. The van der Waals surface area contributed by atoms with Crippen LogP contribution in [0.15, 0.2) is 24.3 Å². The van der Waals surface area contributed by atoms with Gasteiger partial charge in [-0.2, -0.15) is 0 Å². The predicted octanol–water partition coefficient (Wildman–Crippen LogP) is 3.15. The van der Waals surface area contributed by atoms with Gasteiger partial charge in [0.05, 0.1) is 0 Å². The highest BCUT2D eigenvalue weighted by atomic mass is 35.5. The van der Waals surface area contributed by atoms with Gasteiger partial charge in [0.1, 0.15) is 0 Å². The van der Waals surface area contributed by atoms with Crippen molar-refractivity contribution in [2.75, 3.05) is 26.2 Å². The van der Waals surface area contributed by atoms with Crippen LogP contribution in [0.3, 0.4) is 0 Å². The molecule has 109 valence electrons. The van der Waals surface area contributed by atoms with E-state index in [1.54, 1.807) is 24.3 Å². The Bertz CT molecular complexity index is 413. The molecular weight excluding hydrogens is 272 g/mol. The molecule has 2 rings (SSSR count). The van der Waals surface area contributed by atoms with Crippen molar-refractivity contribution >= 4 is 17.5 Å². The highest BCUT2D eigenvalue weighted by Crippen LogP contribution is 2.10. The van der Waals surface area contributed by atoms with Crippen molar-refractivity contribution in [1.29, 1.82) is 0 Å². The summed E-state index contributed by atoms with van der Waals surface area (Å²) >= 11 is 5.79. The van der Waals surface area contributed by atoms with E-state index >= 15 is 0 Å². The van der Waals surface area contributed by atoms with Gasteiger partial charge in [0.25, 0.3) is 5.91 Å². The lowest BCUT2D eigenvalue weighted by atomic mass is 10.2. The summed E-state index contributed by atoms with van der Waals surface area (Å²) in [4.78, 5) is 14.3. The lowest BCUT2D eigenvalue weighted by Crippen LogP contribution is -2.25. The molecule has 1 saturated heterocycles. The molecule has 1 fully saturated rings. The minimum atomic E-state index is -0.0178. The molecule has 0 unspecified atom stereocenters. The standard InChI is InChI=1S/C16H22ClN2O/c17-15-8-6-14(7-9-15)16(20)18-10-2-1-3-11-19-12-4-5-13-19/h4,6-9H,1-3,5,10-13H2,(H,18,20). The molecule has 0 aliphatic carbocycles. The lowest BCUT2D eigenvalue weighted by Gasteiger charge is -2.13. The molecule has 1 radical (unpaired) electrons. The van der Waals surface area contributed by atoms with Gasteiger partial charge >= 0.3 is 0 Å². The van der Waals surface area contributed by atoms with Gasteiger partial charge in [0, 0.05) is 23.7 Å². The summed E-state index contributed by atoms with van der Waals surface area (Å²) in [6.07, 6.45) is 6.99. The quantitative estimate of drug-likeness (QED) is 0.783. The molecular formula is C16H22ClN2O. The van der Waals surface area contributed by atoms with Crippen molar-refractivity contribution in [3.63, 3.8) is 0 Å². The third-order valence-electron chi connectivity index (χ3n) is 3.58. The van der Waals surface area contributed by atoms with Gasteiger partial charge in [0.2, 0.25) is 0 Å². The number of unbranched alkanes of at least 4 members (excludes halogenated alkanes) is 2. The molecule has 0 spiro atoms. The SMILES string of the molecule is O=C(NCCCCCN1C[CH]CC1)c1ccc(Cl)cc1. The van der Waals surface area contributed by atoms with Gasteiger partial charge < -0.3 is 10.2 Å². The summed E-state index contributed by atoms with van der Waals surface area (Å²) in [7, 11) is 0. The Morgan fingerprint density at radius 3 is 2.70 bits per heavy atom. The van der Waals surface area contributed by atoms with Crippen LogP contribution in [-0.2, 0) is 0 Å². The number of amides is 1. The fraction of sp³-hybridized carbons (Fsp3) is 0.500. The summed E-state index contributed by atoms with van der Waals surface area (Å²) in [6.45, 7) is 4.29. The summed E-state index contributed by atoms with van der Waals surface area (Å²) in [6, 6.07) is 6.98. The topological polar surface area (TPSA) is 32.3 Å². The van der Waals surface area contributed by atoms with Crippen LogP contribution in [0.5, 0.6) is 0 Å². The summed E-state index contributed by atoms with van der Waals surface area (Å²) in [5.74, 6) is -0.0178. The van der Waals surface area contributed by atoms with E-state index in [0.717, 1.165) is 25.9 Å². The van der Waals surface area contributed by atoms with Crippen LogP contribution in [0.1, 0.15) is 36.0 Å². The van der Waals surface area contributed by atoms with Crippen LogP contribution >= 0.6 is 11.6 Å². The number of likely N-dealkylation sites (tertiary alicyclic amines) is 1. The smallest absolute Gasteiger partial charge is 0.251 e.